The monoisotopic (exact) mass is 266 g/mol. The summed E-state index contributed by atoms with van der Waals surface area (Å²) in [6.07, 6.45) is 2.84. The molecule has 18 heavy (non-hydrogen) atoms. The number of anilines is 1. The average Bonchev–Trinajstić information content (AvgIpc) is 2.65. The molecular formula is C11H14N4O2S. The smallest absolute Gasteiger partial charge is 0.363 e. The van der Waals surface area contributed by atoms with Gasteiger partial charge in [0.2, 0.25) is 5.82 Å². The number of nitrogens with zero attached hydrogens (tertiary/aromatic N) is 3. The first kappa shape index (κ1) is 11.5. The van der Waals surface area contributed by atoms with Crippen LogP contribution in [0.4, 0.5) is 11.6 Å². The first-order valence-electron chi connectivity index (χ1n) is 5.83. The Morgan fingerprint density at radius 3 is 3.06 bits per heavy atom. The Kier molecular flexibility index (Phi) is 2.34. The van der Waals surface area contributed by atoms with Crippen LogP contribution in [-0.2, 0) is 0 Å². The normalized spacial score (nSPS) is 21.1. The Morgan fingerprint density at radius 2 is 2.44 bits per heavy atom. The van der Waals surface area contributed by atoms with Crippen molar-refractivity contribution in [1.82, 2.24) is 9.38 Å². The number of nitro groups is 1. The summed E-state index contributed by atoms with van der Waals surface area (Å²) in [7, 11) is 0. The molecule has 7 heteroatoms. The second-order valence-electron chi connectivity index (χ2n) is 5.37. The van der Waals surface area contributed by atoms with Gasteiger partial charge in [-0.15, -0.1) is 0 Å². The Bertz CT molecular complexity index is 616. The third kappa shape index (κ3) is 1.74. The lowest BCUT2D eigenvalue weighted by molar-refractivity contribution is -0.389. The van der Waals surface area contributed by atoms with E-state index in [9.17, 15) is 10.1 Å². The highest BCUT2D eigenvalue weighted by atomic mass is 32.1. The predicted molar refractivity (Wildman–Crippen MR) is 70.1 cm³/mol. The van der Waals surface area contributed by atoms with Crippen molar-refractivity contribution in [3.8, 4) is 0 Å². The molecule has 1 saturated carbocycles. The Labute approximate surface area is 108 Å². The van der Waals surface area contributed by atoms with Crippen LogP contribution >= 0.6 is 11.3 Å². The summed E-state index contributed by atoms with van der Waals surface area (Å²) in [5.41, 5.74) is 0.360. The van der Waals surface area contributed by atoms with Crippen molar-refractivity contribution in [3.05, 3.63) is 21.7 Å². The minimum Gasteiger partial charge on any atom is -0.363 e. The zero-order valence-electron chi connectivity index (χ0n) is 10.2. The molecule has 1 atom stereocenters. The topological polar surface area (TPSA) is 72.5 Å². The van der Waals surface area contributed by atoms with E-state index in [-0.39, 0.29) is 10.7 Å². The van der Waals surface area contributed by atoms with Crippen molar-refractivity contribution in [2.75, 3.05) is 11.9 Å². The van der Waals surface area contributed by atoms with Gasteiger partial charge in [0.15, 0.2) is 0 Å². The average molecular weight is 266 g/mol. The molecule has 0 aromatic carbocycles. The van der Waals surface area contributed by atoms with Crippen LogP contribution in [-0.4, -0.2) is 20.9 Å². The highest BCUT2D eigenvalue weighted by Crippen LogP contribution is 2.51. The first-order valence-corrected chi connectivity index (χ1v) is 6.71. The molecule has 1 unspecified atom stereocenters. The molecule has 0 amide bonds. The van der Waals surface area contributed by atoms with E-state index in [0.717, 1.165) is 13.0 Å². The molecule has 96 valence electrons. The number of hydrogen-bond acceptors (Lipinski definition) is 5. The van der Waals surface area contributed by atoms with Gasteiger partial charge in [0.25, 0.3) is 4.96 Å². The van der Waals surface area contributed by atoms with Crippen LogP contribution < -0.4 is 5.32 Å². The summed E-state index contributed by atoms with van der Waals surface area (Å²) < 4.78 is 1.52. The summed E-state index contributed by atoms with van der Waals surface area (Å²) in [5.74, 6) is 0.996. The van der Waals surface area contributed by atoms with Crippen molar-refractivity contribution in [3.63, 3.8) is 0 Å². The van der Waals surface area contributed by atoms with E-state index in [0.29, 0.717) is 22.1 Å². The number of rotatable bonds is 4. The third-order valence-corrected chi connectivity index (χ3v) is 4.40. The molecule has 2 heterocycles. The van der Waals surface area contributed by atoms with Crippen LogP contribution in [0.5, 0.6) is 0 Å². The van der Waals surface area contributed by atoms with E-state index in [1.165, 1.54) is 15.7 Å². The standard InChI is InChI=1S/C11H14N4O2S/c1-11(2)5-7(11)6-12-8-9(15(16)17)14-3-4-18-10(14)13-8/h3-4,7,12H,5-6H2,1-2H3. The highest BCUT2D eigenvalue weighted by Gasteiger charge is 2.45. The van der Waals surface area contributed by atoms with Gasteiger partial charge in [0.1, 0.15) is 6.20 Å². The number of hydrogen-bond donors (Lipinski definition) is 1. The maximum atomic E-state index is 11.1. The number of imidazole rings is 1. The lowest BCUT2D eigenvalue weighted by Gasteiger charge is -2.04. The van der Waals surface area contributed by atoms with E-state index in [2.05, 4.69) is 24.1 Å². The number of aromatic nitrogens is 2. The van der Waals surface area contributed by atoms with Gasteiger partial charge in [-0.05, 0) is 22.7 Å². The maximum absolute atomic E-state index is 11.1. The molecule has 0 radical (unpaired) electrons. The van der Waals surface area contributed by atoms with E-state index < -0.39 is 0 Å². The van der Waals surface area contributed by atoms with Crippen LogP contribution in [0, 0.1) is 21.4 Å². The molecule has 1 aliphatic carbocycles. The molecule has 6 nitrogen and oxygen atoms in total. The molecule has 2 aromatic rings. The van der Waals surface area contributed by atoms with E-state index >= 15 is 0 Å². The number of thiazole rings is 1. The minimum atomic E-state index is -0.382. The zero-order valence-corrected chi connectivity index (χ0v) is 11.0. The lowest BCUT2D eigenvalue weighted by atomic mass is 10.1. The third-order valence-electron chi connectivity index (χ3n) is 3.64. The summed E-state index contributed by atoms with van der Waals surface area (Å²) in [5, 5.41) is 16.0. The highest BCUT2D eigenvalue weighted by molar-refractivity contribution is 7.15. The van der Waals surface area contributed by atoms with Gasteiger partial charge in [-0.3, -0.25) is 0 Å². The summed E-state index contributed by atoms with van der Waals surface area (Å²) >= 11 is 1.40. The fourth-order valence-corrected chi connectivity index (χ4v) is 2.92. The number of nitrogens with one attached hydrogen (secondary N) is 1. The molecule has 1 fully saturated rings. The summed E-state index contributed by atoms with van der Waals surface area (Å²) in [4.78, 5) is 15.6. The second kappa shape index (κ2) is 3.68. The molecule has 3 rings (SSSR count). The largest absolute Gasteiger partial charge is 0.372 e. The summed E-state index contributed by atoms with van der Waals surface area (Å²) in [6.45, 7) is 5.16. The quantitative estimate of drug-likeness (QED) is 0.682. The zero-order chi connectivity index (χ0) is 12.9. The van der Waals surface area contributed by atoms with E-state index in [4.69, 9.17) is 0 Å². The van der Waals surface area contributed by atoms with Gasteiger partial charge in [0, 0.05) is 11.9 Å². The SMILES string of the molecule is CC1(C)CC1CNc1nc2sccn2c1[N+](=O)[O-]. The van der Waals surface area contributed by atoms with Crippen molar-refractivity contribution < 1.29 is 4.92 Å². The van der Waals surface area contributed by atoms with Crippen LogP contribution in [0.15, 0.2) is 11.6 Å². The maximum Gasteiger partial charge on any atom is 0.372 e. The fourth-order valence-electron chi connectivity index (χ4n) is 2.21. The van der Waals surface area contributed by atoms with Crippen molar-refractivity contribution in [1.29, 1.82) is 0 Å². The molecule has 0 aliphatic heterocycles. The second-order valence-corrected chi connectivity index (χ2v) is 6.24. The molecule has 0 saturated heterocycles. The van der Waals surface area contributed by atoms with Crippen LogP contribution in [0.3, 0.4) is 0 Å². The Hall–Kier alpha value is -1.63. The molecule has 0 bridgehead atoms. The van der Waals surface area contributed by atoms with Gasteiger partial charge in [-0.2, -0.15) is 9.38 Å². The molecule has 1 aliphatic rings. The van der Waals surface area contributed by atoms with Crippen LogP contribution in [0.1, 0.15) is 20.3 Å². The Morgan fingerprint density at radius 1 is 1.72 bits per heavy atom. The molecular weight excluding hydrogens is 252 g/mol. The van der Waals surface area contributed by atoms with Gasteiger partial charge in [-0.1, -0.05) is 25.2 Å². The van der Waals surface area contributed by atoms with Gasteiger partial charge < -0.3 is 15.4 Å². The predicted octanol–water partition coefficient (Wildman–Crippen LogP) is 2.76. The van der Waals surface area contributed by atoms with E-state index in [1.807, 2.05) is 0 Å². The van der Waals surface area contributed by atoms with Crippen molar-refractivity contribution in [2.24, 2.45) is 11.3 Å². The summed E-state index contributed by atoms with van der Waals surface area (Å²) in [6, 6.07) is 0. The minimum absolute atomic E-state index is 0.0321. The molecule has 0 spiro atoms. The van der Waals surface area contributed by atoms with Crippen molar-refractivity contribution in [2.45, 2.75) is 20.3 Å². The van der Waals surface area contributed by atoms with Crippen LogP contribution in [0.2, 0.25) is 0 Å². The Balaban J connectivity index is 1.85. The fraction of sp³-hybridized carbons (Fsp3) is 0.545. The van der Waals surface area contributed by atoms with E-state index in [1.54, 1.807) is 11.6 Å². The molecule has 2 aromatic heterocycles. The van der Waals surface area contributed by atoms with Crippen molar-refractivity contribution >= 4 is 27.9 Å². The first-order chi connectivity index (χ1) is 8.49. The number of fused-ring (bicyclic) bond motifs is 1. The van der Waals surface area contributed by atoms with Gasteiger partial charge in [-0.25, -0.2) is 0 Å². The molecule has 1 N–H and O–H groups in total. The van der Waals surface area contributed by atoms with Gasteiger partial charge in [0.05, 0.1) is 0 Å². The van der Waals surface area contributed by atoms with Gasteiger partial charge >= 0.3 is 5.82 Å². The lowest BCUT2D eigenvalue weighted by Crippen LogP contribution is -2.09. The van der Waals surface area contributed by atoms with Crippen LogP contribution in [0.25, 0.3) is 4.96 Å².